The minimum atomic E-state index is -0.0595. The molecule has 0 spiro atoms. The smallest absolute Gasteiger partial charge is 0.310 e. The maximum absolute atomic E-state index is 11.5. The average molecular weight is 294 g/mol. The van der Waals surface area contributed by atoms with Crippen molar-refractivity contribution < 1.29 is 14.6 Å². The highest BCUT2D eigenvalue weighted by molar-refractivity contribution is 14.1. The Labute approximate surface area is 90.0 Å². The van der Waals surface area contributed by atoms with E-state index < -0.39 is 0 Å². The van der Waals surface area contributed by atoms with Gasteiger partial charge >= 0.3 is 5.97 Å². The van der Waals surface area contributed by atoms with Gasteiger partial charge in [0.05, 0.1) is 9.84 Å². The zero-order valence-corrected chi connectivity index (χ0v) is 9.18. The molecule has 2 bridgehead atoms. The summed E-state index contributed by atoms with van der Waals surface area (Å²) in [4.78, 5) is 11.5. The van der Waals surface area contributed by atoms with Gasteiger partial charge in [0.1, 0.15) is 6.10 Å². The Hall–Kier alpha value is 0.160. The summed E-state index contributed by atoms with van der Waals surface area (Å²) < 4.78 is 5.76. The molecular weight excluding hydrogens is 283 g/mol. The molecule has 0 aromatic rings. The van der Waals surface area contributed by atoms with Crippen LogP contribution in [0.3, 0.4) is 0 Å². The van der Waals surface area contributed by atoms with E-state index in [0.717, 1.165) is 6.42 Å². The zero-order chi connectivity index (χ0) is 9.16. The van der Waals surface area contributed by atoms with Crippen LogP contribution in [0, 0.1) is 23.7 Å². The third kappa shape index (κ3) is 0.862. The molecule has 4 heteroatoms. The van der Waals surface area contributed by atoms with Gasteiger partial charge < -0.3 is 9.84 Å². The van der Waals surface area contributed by atoms with E-state index >= 15 is 0 Å². The van der Waals surface area contributed by atoms with Gasteiger partial charge in [0.2, 0.25) is 0 Å². The number of ether oxygens (including phenoxy) is 1. The van der Waals surface area contributed by atoms with Crippen LogP contribution in [0.2, 0.25) is 0 Å². The largest absolute Gasteiger partial charge is 0.461 e. The molecule has 2 aliphatic carbocycles. The molecule has 1 aliphatic heterocycles. The second-order valence-electron chi connectivity index (χ2n) is 4.28. The average Bonchev–Trinajstić information content (AvgIpc) is 2.68. The summed E-state index contributed by atoms with van der Waals surface area (Å²) >= 11 is 2.37. The van der Waals surface area contributed by atoms with Gasteiger partial charge in [-0.15, -0.1) is 0 Å². The maximum atomic E-state index is 11.5. The molecular formula is C9H11IO3. The molecule has 2 saturated carbocycles. The van der Waals surface area contributed by atoms with Crippen molar-refractivity contribution in [3.63, 3.8) is 0 Å². The van der Waals surface area contributed by atoms with Crippen LogP contribution in [0.1, 0.15) is 6.42 Å². The van der Waals surface area contributed by atoms with Gasteiger partial charge in [-0.05, 0) is 18.3 Å². The molecule has 6 atom stereocenters. The number of carbonyl (C=O) groups excluding carboxylic acids is 1. The highest BCUT2D eigenvalue weighted by Gasteiger charge is 2.65. The van der Waals surface area contributed by atoms with Gasteiger partial charge in [0, 0.05) is 12.5 Å². The molecule has 3 rings (SSSR count). The summed E-state index contributed by atoms with van der Waals surface area (Å²) in [5, 5.41) is 9.23. The van der Waals surface area contributed by atoms with Crippen molar-refractivity contribution in [3.8, 4) is 0 Å². The lowest BCUT2D eigenvalue weighted by atomic mass is 9.80. The zero-order valence-electron chi connectivity index (χ0n) is 7.02. The van der Waals surface area contributed by atoms with Crippen molar-refractivity contribution in [1.29, 1.82) is 0 Å². The number of alkyl halides is 1. The van der Waals surface area contributed by atoms with E-state index in [0.29, 0.717) is 15.8 Å². The third-order valence-electron chi connectivity index (χ3n) is 3.90. The van der Waals surface area contributed by atoms with Gasteiger partial charge in [-0.2, -0.15) is 0 Å². The minimum Gasteiger partial charge on any atom is -0.461 e. The molecule has 0 amide bonds. The van der Waals surface area contributed by atoms with Crippen molar-refractivity contribution in [3.05, 3.63) is 0 Å². The predicted octanol–water partition coefficient (Wildman–Crippen LogP) is 0.590. The molecule has 3 fully saturated rings. The maximum Gasteiger partial charge on any atom is 0.310 e. The van der Waals surface area contributed by atoms with Gasteiger partial charge in [-0.25, -0.2) is 0 Å². The second kappa shape index (κ2) is 2.59. The number of hydrogen-bond acceptors (Lipinski definition) is 3. The normalized spacial score (nSPS) is 57.2. The first-order chi connectivity index (χ1) is 6.24. The summed E-state index contributed by atoms with van der Waals surface area (Å²) in [6.45, 7) is 0.146. The lowest BCUT2D eigenvalue weighted by Crippen LogP contribution is -2.35. The van der Waals surface area contributed by atoms with E-state index in [4.69, 9.17) is 4.74 Å². The number of esters is 1. The summed E-state index contributed by atoms with van der Waals surface area (Å²) in [5.41, 5.74) is 0. The van der Waals surface area contributed by atoms with Crippen LogP contribution in [0.25, 0.3) is 0 Å². The number of hydrogen-bond donors (Lipinski definition) is 1. The van der Waals surface area contributed by atoms with E-state index in [-0.39, 0.29) is 30.5 Å². The highest BCUT2D eigenvalue weighted by Crippen LogP contribution is 2.59. The molecule has 1 N–H and O–H groups in total. The predicted molar refractivity (Wildman–Crippen MR) is 53.4 cm³/mol. The Kier molecular flexibility index (Phi) is 1.69. The van der Waals surface area contributed by atoms with Gasteiger partial charge in [-0.3, -0.25) is 4.79 Å². The van der Waals surface area contributed by atoms with E-state index in [9.17, 15) is 9.90 Å². The van der Waals surface area contributed by atoms with E-state index in [1.54, 1.807) is 0 Å². The first-order valence-corrected chi connectivity index (χ1v) is 5.94. The Morgan fingerprint density at radius 3 is 3.00 bits per heavy atom. The second-order valence-corrected chi connectivity index (χ2v) is 5.72. The Morgan fingerprint density at radius 2 is 2.31 bits per heavy atom. The molecule has 3 aliphatic rings. The molecule has 13 heavy (non-hydrogen) atoms. The number of aliphatic hydroxyl groups excluding tert-OH is 1. The summed E-state index contributed by atoms with van der Waals surface area (Å²) in [5.74, 6) is 1.06. The van der Waals surface area contributed by atoms with Crippen LogP contribution < -0.4 is 0 Å². The Morgan fingerprint density at radius 1 is 1.54 bits per heavy atom. The number of aliphatic hydroxyl groups is 1. The SMILES string of the molecule is O=C1O[C@@H]2[C@@H](I)[C@H]3C[C@@H]2[C@H]1[C@@H]3CO. The number of rotatable bonds is 1. The Bertz CT molecular complexity index is 268. The van der Waals surface area contributed by atoms with Crippen molar-refractivity contribution in [2.75, 3.05) is 6.61 Å². The number of fused-ring (bicyclic) bond motifs is 1. The summed E-state index contributed by atoms with van der Waals surface area (Å²) in [6.07, 6.45) is 1.24. The topological polar surface area (TPSA) is 46.5 Å². The van der Waals surface area contributed by atoms with Crippen LogP contribution in [-0.4, -0.2) is 27.7 Å². The summed E-state index contributed by atoms with van der Waals surface area (Å²) in [6, 6.07) is 0. The van der Waals surface area contributed by atoms with E-state index in [1.807, 2.05) is 0 Å². The standard InChI is InChI=1S/C9H11IO3/c10-7-3-1-4-6(5(3)2-11)9(12)13-8(4)7/h3-8,11H,1-2H2/t3-,4+,5+,6-,7-,8-/m0/s1. The van der Waals surface area contributed by atoms with Crippen molar-refractivity contribution in [1.82, 2.24) is 0 Å². The quantitative estimate of drug-likeness (QED) is 0.437. The number of carbonyl (C=O) groups is 1. The van der Waals surface area contributed by atoms with Crippen LogP contribution in [-0.2, 0) is 9.53 Å². The Balaban J connectivity index is 2.01. The molecule has 1 heterocycles. The fourth-order valence-corrected chi connectivity index (χ4v) is 4.87. The lowest BCUT2D eigenvalue weighted by molar-refractivity contribution is -0.144. The van der Waals surface area contributed by atoms with Crippen molar-refractivity contribution in [2.24, 2.45) is 23.7 Å². The highest BCUT2D eigenvalue weighted by atomic mass is 127. The van der Waals surface area contributed by atoms with Gasteiger partial charge in [-0.1, -0.05) is 22.6 Å². The molecule has 72 valence electrons. The molecule has 0 radical (unpaired) electrons. The first-order valence-electron chi connectivity index (χ1n) is 4.69. The number of halogens is 1. The lowest BCUT2D eigenvalue weighted by Gasteiger charge is -2.26. The van der Waals surface area contributed by atoms with E-state index in [1.165, 1.54) is 0 Å². The minimum absolute atomic E-state index is 0.0195. The fraction of sp³-hybridized carbons (Fsp3) is 0.889. The van der Waals surface area contributed by atoms with Gasteiger partial charge in [0.15, 0.2) is 0 Å². The van der Waals surface area contributed by atoms with E-state index in [2.05, 4.69) is 22.6 Å². The van der Waals surface area contributed by atoms with Crippen molar-refractivity contribution >= 4 is 28.6 Å². The molecule has 0 unspecified atom stereocenters. The third-order valence-corrected chi connectivity index (χ3v) is 5.53. The van der Waals surface area contributed by atoms with Gasteiger partial charge in [0.25, 0.3) is 0 Å². The van der Waals surface area contributed by atoms with Crippen molar-refractivity contribution in [2.45, 2.75) is 16.4 Å². The fourth-order valence-electron chi connectivity index (χ4n) is 3.37. The monoisotopic (exact) mass is 294 g/mol. The molecule has 0 aromatic carbocycles. The van der Waals surface area contributed by atoms with Crippen LogP contribution in [0.15, 0.2) is 0 Å². The first kappa shape index (κ1) is 8.47. The van der Waals surface area contributed by atoms with Crippen LogP contribution >= 0.6 is 22.6 Å². The van der Waals surface area contributed by atoms with Crippen LogP contribution in [0.4, 0.5) is 0 Å². The molecule has 1 saturated heterocycles. The van der Waals surface area contributed by atoms with Crippen LogP contribution in [0.5, 0.6) is 0 Å². The molecule has 0 aromatic heterocycles. The molecule has 3 nitrogen and oxygen atoms in total. The summed E-state index contributed by atoms with van der Waals surface area (Å²) in [7, 11) is 0.